The number of rotatable bonds is 2. The lowest BCUT2D eigenvalue weighted by Gasteiger charge is -2.23. The zero-order valence-electron chi connectivity index (χ0n) is 11.0. The van der Waals surface area contributed by atoms with Gasteiger partial charge >= 0.3 is 5.97 Å². The molecule has 3 heterocycles. The summed E-state index contributed by atoms with van der Waals surface area (Å²) in [6.07, 6.45) is 0. The first kappa shape index (κ1) is 12.0. The smallest absolute Gasteiger partial charge is 0.312 e. The molecule has 2 aromatic heterocycles. The molecule has 100 valence electrons. The van der Waals surface area contributed by atoms with Crippen LogP contribution < -0.4 is 5.32 Å². The Balaban J connectivity index is 1.93. The van der Waals surface area contributed by atoms with Gasteiger partial charge in [-0.2, -0.15) is 5.10 Å². The highest BCUT2D eigenvalue weighted by molar-refractivity contribution is 5.88. The van der Waals surface area contributed by atoms with E-state index >= 15 is 0 Å². The fourth-order valence-electron chi connectivity index (χ4n) is 2.34. The molecule has 1 aliphatic rings. The Morgan fingerprint density at radius 2 is 2.42 bits per heavy atom. The van der Waals surface area contributed by atoms with E-state index in [4.69, 9.17) is 4.74 Å². The molecule has 0 bridgehead atoms. The van der Waals surface area contributed by atoms with E-state index in [-0.39, 0.29) is 11.9 Å². The van der Waals surface area contributed by atoms with Crippen LogP contribution in [0.5, 0.6) is 0 Å². The number of ether oxygens (including phenoxy) is 1. The standard InChI is InChI=1S/C13H16N4O2/c1-3-19-13(18)9-6-14-12-10-5-4-8(2)15-11(10)16-17(12)7-9/h4-5,9,14H,3,6-7H2,1-2H3. The SMILES string of the molecule is CCOC(=O)C1CNc2c3ccc(C)nc3nn2C1. The first-order valence-corrected chi connectivity index (χ1v) is 6.43. The number of hydrogen-bond acceptors (Lipinski definition) is 5. The van der Waals surface area contributed by atoms with Crippen molar-refractivity contribution in [3.05, 3.63) is 17.8 Å². The van der Waals surface area contributed by atoms with E-state index in [2.05, 4.69) is 15.4 Å². The Labute approximate surface area is 110 Å². The van der Waals surface area contributed by atoms with E-state index in [0.717, 1.165) is 16.9 Å². The summed E-state index contributed by atoms with van der Waals surface area (Å²) < 4.78 is 6.86. The molecule has 0 aliphatic carbocycles. The average molecular weight is 260 g/mol. The molecule has 1 N–H and O–H groups in total. The number of aryl methyl sites for hydroxylation is 1. The molecule has 0 saturated heterocycles. The molecule has 1 unspecified atom stereocenters. The van der Waals surface area contributed by atoms with Gasteiger partial charge in [-0.25, -0.2) is 9.67 Å². The fourth-order valence-corrected chi connectivity index (χ4v) is 2.34. The summed E-state index contributed by atoms with van der Waals surface area (Å²) in [5, 5.41) is 8.69. The van der Waals surface area contributed by atoms with Crippen LogP contribution >= 0.6 is 0 Å². The molecule has 0 aromatic carbocycles. The van der Waals surface area contributed by atoms with Crippen molar-refractivity contribution in [3.8, 4) is 0 Å². The lowest BCUT2D eigenvalue weighted by molar-refractivity contribution is -0.148. The lowest BCUT2D eigenvalue weighted by Crippen LogP contribution is -2.34. The highest BCUT2D eigenvalue weighted by Crippen LogP contribution is 2.26. The van der Waals surface area contributed by atoms with Crippen LogP contribution in [0.3, 0.4) is 0 Å². The molecule has 19 heavy (non-hydrogen) atoms. The Morgan fingerprint density at radius 1 is 1.58 bits per heavy atom. The van der Waals surface area contributed by atoms with Crippen LogP contribution in [-0.4, -0.2) is 33.9 Å². The highest BCUT2D eigenvalue weighted by Gasteiger charge is 2.27. The van der Waals surface area contributed by atoms with E-state index in [1.54, 1.807) is 0 Å². The number of esters is 1. The minimum atomic E-state index is -0.192. The van der Waals surface area contributed by atoms with Crippen LogP contribution in [0.2, 0.25) is 0 Å². The molecule has 1 aliphatic heterocycles. The number of nitrogens with one attached hydrogen (secondary N) is 1. The van der Waals surface area contributed by atoms with Crippen molar-refractivity contribution in [2.24, 2.45) is 5.92 Å². The predicted molar refractivity (Wildman–Crippen MR) is 70.9 cm³/mol. The maximum atomic E-state index is 11.8. The van der Waals surface area contributed by atoms with Gasteiger partial charge in [0.25, 0.3) is 0 Å². The molecular formula is C13H16N4O2. The molecular weight excluding hydrogens is 244 g/mol. The van der Waals surface area contributed by atoms with Crippen LogP contribution in [0, 0.1) is 12.8 Å². The maximum absolute atomic E-state index is 11.8. The molecule has 3 rings (SSSR count). The van der Waals surface area contributed by atoms with Gasteiger partial charge in [-0.15, -0.1) is 0 Å². The van der Waals surface area contributed by atoms with Crippen molar-refractivity contribution in [2.75, 3.05) is 18.5 Å². The molecule has 2 aromatic rings. The predicted octanol–water partition coefficient (Wildman–Crippen LogP) is 1.34. The first-order chi connectivity index (χ1) is 9.19. The van der Waals surface area contributed by atoms with Gasteiger partial charge in [0.05, 0.1) is 24.5 Å². The molecule has 1 atom stereocenters. The van der Waals surface area contributed by atoms with Crippen molar-refractivity contribution < 1.29 is 9.53 Å². The fraction of sp³-hybridized carbons (Fsp3) is 0.462. The lowest BCUT2D eigenvalue weighted by atomic mass is 10.1. The van der Waals surface area contributed by atoms with Gasteiger partial charge in [0.2, 0.25) is 0 Å². The third kappa shape index (κ3) is 2.03. The number of fused-ring (bicyclic) bond motifs is 3. The van der Waals surface area contributed by atoms with Gasteiger partial charge in [-0.05, 0) is 26.0 Å². The summed E-state index contributed by atoms with van der Waals surface area (Å²) in [4.78, 5) is 16.2. The largest absolute Gasteiger partial charge is 0.466 e. The van der Waals surface area contributed by atoms with Gasteiger partial charge in [0.15, 0.2) is 5.65 Å². The average Bonchev–Trinajstić information content (AvgIpc) is 2.75. The van der Waals surface area contributed by atoms with E-state index in [0.29, 0.717) is 25.3 Å². The van der Waals surface area contributed by atoms with Gasteiger partial charge in [-0.3, -0.25) is 4.79 Å². The molecule has 0 amide bonds. The van der Waals surface area contributed by atoms with Crippen LogP contribution in [0.15, 0.2) is 12.1 Å². The zero-order valence-corrected chi connectivity index (χ0v) is 11.0. The number of nitrogens with zero attached hydrogens (tertiary/aromatic N) is 3. The zero-order chi connectivity index (χ0) is 13.4. The van der Waals surface area contributed by atoms with Gasteiger partial charge < -0.3 is 10.1 Å². The monoisotopic (exact) mass is 260 g/mol. The van der Waals surface area contributed by atoms with Gasteiger partial charge in [0, 0.05) is 12.2 Å². The Hall–Kier alpha value is -2.11. The minimum Gasteiger partial charge on any atom is -0.466 e. The number of aromatic nitrogens is 3. The molecule has 0 spiro atoms. The first-order valence-electron chi connectivity index (χ1n) is 6.43. The molecule has 0 fully saturated rings. The maximum Gasteiger partial charge on any atom is 0.312 e. The van der Waals surface area contributed by atoms with E-state index < -0.39 is 0 Å². The highest BCUT2D eigenvalue weighted by atomic mass is 16.5. The number of carbonyl (C=O) groups excluding carboxylic acids is 1. The van der Waals surface area contributed by atoms with E-state index in [1.165, 1.54) is 0 Å². The van der Waals surface area contributed by atoms with Crippen LogP contribution in [0.4, 0.5) is 5.82 Å². The summed E-state index contributed by atoms with van der Waals surface area (Å²) >= 11 is 0. The Morgan fingerprint density at radius 3 is 3.21 bits per heavy atom. The number of anilines is 1. The molecule has 6 heteroatoms. The second kappa shape index (κ2) is 4.53. The summed E-state index contributed by atoms with van der Waals surface area (Å²) in [5.41, 5.74) is 1.65. The summed E-state index contributed by atoms with van der Waals surface area (Å²) in [6, 6.07) is 3.97. The molecule has 0 saturated carbocycles. The quantitative estimate of drug-likeness (QED) is 0.825. The van der Waals surface area contributed by atoms with E-state index in [1.807, 2.05) is 30.7 Å². The third-order valence-corrected chi connectivity index (χ3v) is 3.27. The van der Waals surface area contributed by atoms with Crippen molar-refractivity contribution in [1.29, 1.82) is 0 Å². The second-order valence-electron chi connectivity index (χ2n) is 4.68. The normalized spacial score (nSPS) is 17.9. The van der Waals surface area contributed by atoms with Crippen LogP contribution in [-0.2, 0) is 16.1 Å². The van der Waals surface area contributed by atoms with Gasteiger partial charge in [0.1, 0.15) is 5.82 Å². The second-order valence-corrected chi connectivity index (χ2v) is 4.68. The summed E-state index contributed by atoms with van der Waals surface area (Å²) in [7, 11) is 0. The summed E-state index contributed by atoms with van der Waals surface area (Å²) in [6.45, 7) is 5.27. The van der Waals surface area contributed by atoms with Crippen molar-refractivity contribution in [2.45, 2.75) is 20.4 Å². The van der Waals surface area contributed by atoms with Crippen molar-refractivity contribution in [3.63, 3.8) is 0 Å². The molecule has 0 radical (unpaired) electrons. The molecule has 6 nitrogen and oxygen atoms in total. The van der Waals surface area contributed by atoms with Crippen LogP contribution in [0.1, 0.15) is 12.6 Å². The van der Waals surface area contributed by atoms with E-state index in [9.17, 15) is 4.79 Å². The van der Waals surface area contributed by atoms with Crippen molar-refractivity contribution >= 4 is 22.8 Å². The Bertz CT molecular complexity index is 635. The summed E-state index contributed by atoms with van der Waals surface area (Å²) in [5.74, 6) is 0.565. The topological polar surface area (TPSA) is 69.0 Å². The third-order valence-electron chi connectivity index (χ3n) is 3.27. The number of hydrogen-bond donors (Lipinski definition) is 1. The van der Waals surface area contributed by atoms with Crippen LogP contribution in [0.25, 0.3) is 11.0 Å². The number of pyridine rings is 1. The van der Waals surface area contributed by atoms with Crippen molar-refractivity contribution in [1.82, 2.24) is 14.8 Å². The van der Waals surface area contributed by atoms with Gasteiger partial charge in [-0.1, -0.05) is 0 Å². The minimum absolute atomic E-state index is 0.177. The Kier molecular flexibility index (Phi) is 2.85. The number of carbonyl (C=O) groups is 1.